The zero-order chi connectivity index (χ0) is 21.0. The number of unbranched alkanes of at least 4 members (excludes halogenated alkanes) is 6. The van der Waals surface area contributed by atoms with Crippen molar-refractivity contribution in [3.05, 3.63) is 67.3 Å². The molecule has 0 aromatic carbocycles. The van der Waals surface area contributed by atoms with Crippen LogP contribution in [0.2, 0.25) is 0 Å². The largest absolute Gasteiger partial charge is 0.248 e. The molecule has 0 spiro atoms. The molecule has 0 unspecified atom stereocenters. The van der Waals surface area contributed by atoms with E-state index in [1.165, 1.54) is 62.5 Å². The average Bonchev–Trinajstić information content (AvgIpc) is 2.80. The summed E-state index contributed by atoms with van der Waals surface area (Å²) in [7, 11) is 0. The average molecular weight is 404 g/mol. The van der Waals surface area contributed by atoms with Crippen molar-refractivity contribution < 1.29 is 9.13 Å². The van der Waals surface area contributed by atoms with Gasteiger partial charge >= 0.3 is 0 Å². The van der Waals surface area contributed by atoms with Crippen LogP contribution in [-0.4, -0.2) is 4.98 Å². The van der Waals surface area contributed by atoms with E-state index in [0.29, 0.717) is 0 Å². The minimum Gasteiger partial charge on any atom is -0.248 e. The lowest BCUT2D eigenvalue weighted by Gasteiger charge is -2.05. The van der Waals surface area contributed by atoms with Crippen molar-refractivity contribution in [2.45, 2.75) is 78.3 Å². The molecule has 0 aliphatic carbocycles. The molecule has 0 fully saturated rings. The van der Waals surface area contributed by atoms with E-state index in [4.69, 9.17) is 4.98 Å². The van der Waals surface area contributed by atoms with Crippen molar-refractivity contribution in [1.82, 2.24) is 4.98 Å². The monoisotopic (exact) mass is 403 g/mol. The molecule has 0 N–H and O–H groups in total. The van der Waals surface area contributed by atoms with E-state index in [9.17, 15) is 0 Å². The lowest BCUT2D eigenvalue weighted by atomic mass is 10.1. The molecule has 0 saturated heterocycles. The first-order valence-electron chi connectivity index (χ1n) is 11.8. The number of rotatable bonds is 12. The van der Waals surface area contributed by atoms with Crippen molar-refractivity contribution in [3.63, 3.8) is 0 Å². The van der Waals surface area contributed by atoms with E-state index in [0.717, 1.165) is 24.5 Å². The fraction of sp³-hybridized carbons (Fsp3) is 0.444. The highest BCUT2D eigenvalue weighted by atomic mass is 14.9. The van der Waals surface area contributed by atoms with Gasteiger partial charge in [-0.3, -0.25) is 0 Å². The third-order valence-electron chi connectivity index (χ3n) is 5.66. The first kappa shape index (κ1) is 22.1. The summed E-state index contributed by atoms with van der Waals surface area (Å²) >= 11 is 0. The summed E-state index contributed by atoms with van der Waals surface area (Å²) in [6.45, 7) is 6.70. The Hall–Kier alpha value is -2.55. The Bertz CT molecular complexity index is 799. The van der Waals surface area contributed by atoms with Crippen molar-refractivity contribution in [3.8, 4) is 22.5 Å². The SMILES string of the molecule is CCCCCC[n+]1ccc(-c2cccc(-c3cc[n+](CCCCCC)cc3)n2)cc1. The fourth-order valence-electron chi connectivity index (χ4n) is 3.75. The molecule has 30 heavy (non-hydrogen) atoms. The smallest absolute Gasteiger partial charge is 0.169 e. The van der Waals surface area contributed by atoms with Crippen LogP contribution in [0, 0.1) is 0 Å². The second kappa shape index (κ2) is 12.2. The normalized spacial score (nSPS) is 11.0. The molecule has 3 nitrogen and oxygen atoms in total. The van der Waals surface area contributed by atoms with Gasteiger partial charge in [-0.05, 0) is 25.0 Å². The molecule has 0 amide bonds. The van der Waals surface area contributed by atoms with Gasteiger partial charge in [0.05, 0.1) is 11.4 Å². The predicted molar refractivity (Wildman–Crippen MR) is 124 cm³/mol. The summed E-state index contributed by atoms with van der Waals surface area (Å²) in [4.78, 5) is 4.93. The molecule has 0 radical (unpaired) electrons. The molecule has 3 aromatic heterocycles. The maximum absolute atomic E-state index is 4.93. The van der Waals surface area contributed by atoms with Crippen LogP contribution >= 0.6 is 0 Å². The van der Waals surface area contributed by atoms with E-state index in [2.05, 4.69) is 90.2 Å². The van der Waals surface area contributed by atoms with Crippen LogP contribution in [0.5, 0.6) is 0 Å². The third kappa shape index (κ3) is 6.76. The molecule has 3 rings (SSSR count). The molecular formula is C27H37N3+2. The molecule has 3 aromatic rings. The lowest BCUT2D eigenvalue weighted by molar-refractivity contribution is -0.697. The summed E-state index contributed by atoms with van der Waals surface area (Å²) in [6, 6.07) is 15.0. The van der Waals surface area contributed by atoms with Gasteiger partial charge in [-0.15, -0.1) is 0 Å². The van der Waals surface area contributed by atoms with E-state index < -0.39 is 0 Å². The van der Waals surface area contributed by atoms with Gasteiger partial charge in [-0.25, -0.2) is 14.1 Å². The van der Waals surface area contributed by atoms with Crippen LogP contribution in [0.25, 0.3) is 22.5 Å². The Morgan fingerprint density at radius 2 is 1.00 bits per heavy atom. The topological polar surface area (TPSA) is 20.6 Å². The minimum atomic E-state index is 1.03. The highest BCUT2D eigenvalue weighted by molar-refractivity contribution is 5.64. The number of aromatic nitrogens is 3. The van der Waals surface area contributed by atoms with Gasteiger partial charge in [-0.1, -0.05) is 45.6 Å². The summed E-state index contributed by atoms with van der Waals surface area (Å²) in [6.07, 6.45) is 19.1. The summed E-state index contributed by atoms with van der Waals surface area (Å²) in [5.74, 6) is 0. The first-order chi connectivity index (χ1) is 14.8. The summed E-state index contributed by atoms with van der Waals surface area (Å²) in [5.41, 5.74) is 4.40. The quantitative estimate of drug-likeness (QED) is 0.262. The number of hydrogen-bond donors (Lipinski definition) is 0. The highest BCUT2D eigenvalue weighted by Gasteiger charge is 2.08. The highest BCUT2D eigenvalue weighted by Crippen LogP contribution is 2.21. The third-order valence-corrected chi connectivity index (χ3v) is 5.66. The van der Waals surface area contributed by atoms with E-state index in [1.807, 2.05) is 0 Å². The molecule has 3 heterocycles. The zero-order valence-electron chi connectivity index (χ0n) is 18.8. The molecular weight excluding hydrogens is 366 g/mol. The summed E-state index contributed by atoms with van der Waals surface area (Å²) in [5, 5.41) is 0. The van der Waals surface area contributed by atoms with Gasteiger partial charge < -0.3 is 0 Å². The van der Waals surface area contributed by atoms with Crippen LogP contribution in [0.3, 0.4) is 0 Å². The van der Waals surface area contributed by atoms with Crippen LogP contribution in [-0.2, 0) is 13.1 Å². The Labute approximate surface area is 182 Å². The molecule has 0 atom stereocenters. The summed E-state index contributed by atoms with van der Waals surface area (Å²) < 4.78 is 4.55. The Kier molecular flexibility index (Phi) is 9.02. The van der Waals surface area contributed by atoms with Crippen LogP contribution < -0.4 is 9.13 Å². The Balaban J connectivity index is 1.63. The van der Waals surface area contributed by atoms with Crippen LogP contribution in [0.15, 0.2) is 67.3 Å². The van der Waals surface area contributed by atoms with Gasteiger partial charge in [0.1, 0.15) is 13.1 Å². The second-order valence-corrected chi connectivity index (χ2v) is 8.18. The number of nitrogens with zero attached hydrogens (tertiary/aromatic N) is 3. The molecule has 3 heteroatoms. The first-order valence-corrected chi connectivity index (χ1v) is 11.8. The van der Waals surface area contributed by atoms with Gasteiger partial charge in [-0.2, -0.15) is 0 Å². The standard InChI is InChI=1S/C27H37N3/c1-3-5-7-9-18-29-20-14-24(15-21-29)26-12-11-13-27(28-26)25-16-22-30(23-17-25)19-10-8-6-4-2/h11-17,20-23H,3-10,18-19H2,1-2H3/q+2. The molecule has 0 saturated carbocycles. The molecule has 0 aliphatic rings. The van der Waals surface area contributed by atoms with Crippen LogP contribution in [0.1, 0.15) is 65.2 Å². The fourth-order valence-corrected chi connectivity index (χ4v) is 3.75. The maximum Gasteiger partial charge on any atom is 0.169 e. The van der Waals surface area contributed by atoms with Gasteiger partial charge in [0.2, 0.25) is 0 Å². The van der Waals surface area contributed by atoms with Gasteiger partial charge in [0.25, 0.3) is 0 Å². The number of aryl methyl sites for hydroxylation is 2. The van der Waals surface area contributed by atoms with Crippen molar-refractivity contribution in [2.75, 3.05) is 0 Å². The molecule has 0 aliphatic heterocycles. The number of pyridine rings is 3. The maximum atomic E-state index is 4.93. The van der Waals surface area contributed by atoms with Crippen molar-refractivity contribution in [2.24, 2.45) is 0 Å². The van der Waals surface area contributed by atoms with Crippen molar-refractivity contribution >= 4 is 0 Å². The predicted octanol–water partition coefficient (Wildman–Crippen LogP) is 6.15. The van der Waals surface area contributed by atoms with Gasteiger partial charge in [0, 0.05) is 48.2 Å². The number of hydrogen-bond acceptors (Lipinski definition) is 1. The molecule has 158 valence electrons. The molecule has 0 bridgehead atoms. The second-order valence-electron chi connectivity index (χ2n) is 8.18. The Morgan fingerprint density at radius 3 is 1.40 bits per heavy atom. The van der Waals surface area contributed by atoms with Crippen molar-refractivity contribution in [1.29, 1.82) is 0 Å². The zero-order valence-corrected chi connectivity index (χ0v) is 18.8. The van der Waals surface area contributed by atoms with Gasteiger partial charge in [0.15, 0.2) is 24.8 Å². The van der Waals surface area contributed by atoms with E-state index >= 15 is 0 Å². The van der Waals surface area contributed by atoms with E-state index in [1.54, 1.807) is 0 Å². The minimum absolute atomic E-state index is 1.03. The van der Waals surface area contributed by atoms with Crippen LogP contribution in [0.4, 0.5) is 0 Å². The van der Waals surface area contributed by atoms with E-state index in [-0.39, 0.29) is 0 Å². The lowest BCUT2D eigenvalue weighted by Crippen LogP contribution is -2.32. The Morgan fingerprint density at radius 1 is 0.567 bits per heavy atom.